The summed E-state index contributed by atoms with van der Waals surface area (Å²) in [6.07, 6.45) is 12.9. The zero-order valence-corrected chi connectivity index (χ0v) is 24.1. The van der Waals surface area contributed by atoms with Crippen LogP contribution in [0.4, 0.5) is 34.1 Å². The van der Waals surface area contributed by atoms with Crippen LogP contribution in [-0.2, 0) is 13.1 Å². The van der Waals surface area contributed by atoms with Crippen LogP contribution in [0.1, 0.15) is 25.7 Å². The topological polar surface area (TPSA) is 63.7 Å². The number of hydrogen-bond acceptors (Lipinski definition) is 6. The van der Waals surface area contributed by atoms with Gasteiger partial charge in [0.25, 0.3) is 0 Å². The summed E-state index contributed by atoms with van der Waals surface area (Å²) < 4.78 is 4.39. The number of aromatic nitrogens is 2. The third kappa shape index (κ3) is 9.08. The number of unbranched alkanes of at least 4 members (excludes halogenated alkanes) is 3. The number of pyridine rings is 2. The molecule has 2 aromatic carbocycles. The van der Waals surface area contributed by atoms with Gasteiger partial charge in [0.05, 0.1) is 11.4 Å². The Morgan fingerprint density at radius 2 is 0.850 bits per heavy atom. The lowest BCUT2D eigenvalue weighted by Crippen LogP contribution is -2.33. The smallest absolute Gasteiger partial charge is 0.196 e. The molecular formula is C32H40N8+2. The van der Waals surface area contributed by atoms with E-state index in [-0.39, 0.29) is 0 Å². The minimum absolute atomic E-state index is 0.849. The minimum atomic E-state index is 0.849. The standard InChI is InChI=1S/C32H40N8/c1-37(2)31-17-13-27(14-18-31)33-35-29-11-9-23-39(25-29)21-7-5-6-8-22-40-24-10-12-30(26-40)36-34-28-15-19-32(20-16-28)38(3)4/h9-20,23-26H,5-8,21-22H2,1-4H3/q+2/b35-33+,36-34+. The maximum absolute atomic E-state index is 4.42. The van der Waals surface area contributed by atoms with Gasteiger partial charge in [-0.25, -0.2) is 9.13 Å². The Bertz CT molecular complexity index is 1280. The van der Waals surface area contributed by atoms with E-state index < -0.39 is 0 Å². The summed E-state index contributed by atoms with van der Waals surface area (Å²) in [4.78, 5) is 4.14. The summed E-state index contributed by atoms with van der Waals surface area (Å²) in [7, 11) is 8.11. The van der Waals surface area contributed by atoms with Crippen molar-refractivity contribution in [3.8, 4) is 0 Å². The van der Waals surface area contributed by atoms with E-state index in [2.05, 4.69) is 64.2 Å². The lowest BCUT2D eigenvalue weighted by atomic mass is 10.2. The molecule has 0 atom stereocenters. The van der Waals surface area contributed by atoms with E-state index in [0.717, 1.165) is 60.1 Å². The predicted octanol–water partition coefficient (Wildman–Crippen LogP) is 7.49. The molecule has 0 unspecified atom stereocenters. The Kier molecular flexibility index (Phi) is 10.4. The Balaban J connectivity index is 1.18. The molecule has 0 radical (unpaired) electrons. The molecule has 206 valence electrons. The van der Waals surface area contributed by atoms with Crippen molar-refractivity contribution in [3.63, 3.8) is 0 Å². The van der Waals surface area contributed by atoms with Gasteiger partial charge in [0.2, 0.25) is 0 Å². The van der Waals surface area contributed by atoms with Gasteiger partial charge in [-0.05, 0) is 73.5 Å². The first-order chi connectivity index (χ1) is 19.5. The number of nitrogens with zero attached hydrogens (tertiary/aromatic N) is 8. The lowest BCUT2D eigenvalue weighted by molar-refractivity contribution is -0.698. The number of azo groups is 2. The highest BCUT2D eigenvalue weighted by Crippen LogP contribution is 2.22. The number of hydrogen-bond donors (Lipinski definition) is 0. The second kappa shape index (κ2) is 14.6. The van der Waals surface area contributed by atoms with Crippen LogP contribution in [0, 0.1) is 0 Å². The molecule has 4 rings (SSSR count). The van der Waals surface area contributed by atoms with Gasteiger partial charge in [-0.3, -0.25) is 0 Å². The van der Waals surface area contributed by atoms with E-state index in [1.54, 1.807) is 0 Å². The van der Waals surface area contributed by atoms with E-state index in [1.807, 2.05) is 101 Å². The van der Waals surface area contributed by atoms with Gasteiger partial charge in [-0.1, -0.05) is 0 Å². The molecule has 0 amide bonds. The minimum Gasteiger partial charge on any atom is -0.378 e. The van der Waals surface area contributed by atoms with Gasteiger partial charge in [0.1, 0.15) is 24.5 Å². The zero-order chi connectivity index (χ0) is 28.2. The van der Waals surface area contributed by atoms with Gasteiger partial charge in [-0.2, -0.15) is 10.2 Å². The quantitative estimate of drug-likeness (QED) is 0.101. The van der Waals surface area contributed by atoms with Gasteiger partial charge in [-0.15, -0.1) is 10.2 Å². The lowest BCUT2D eigenvalue weighted by Gasteiger charge is -2.11. The second-order valence-corrected chi connectivity index (χ2v) is 10.2. The Morgan fingerprint density at radius 1 is 0.475 bits per heavy atom. The molecule has 40 heavy (non-hydrogen) atoms. The highest BCUT2D eigenvalue weighted by molar-refractivity contribution is 5.52. The van der Waals surface area contributed by atoms with Crippen molar-refractivity contribution in [1.29, 1.82) is 0 Å². The summed E-state index contributed by atoms with van der Waals surface area (Å²) in [5, 5.41) is 17.6. The summed E-state index contributed by atoms with van der Waals surface area (Å²) in [6, 6.07) is 24.2. The van der Waals surface area contributed by atoms with Crippen molar-refractivity contribution in [2.75, 3.05) is 38.0 Å². The number of anilines is 2. The fourth-order valence-corrected chi connectivity index (χ4v) is 4.22. The Labute approximate surface area is 238 Å². The first kappa shape index (κ1) is 28.5. The van der Waals surface area contributed by atoms with Crippen molar-refractivity contribution in [1.82, 2.24) is 0 Å². The number of rotatable bonds is 13. The van der Waals surface area contributed by atoms with Gasteiger partial charge >= 0.3 is 0 Å². The summed E-state index contributed by atoms with van der Waals surface area (Å²) >= 11 is 0. The van der Waals surface area contributed by atoms with Crippen LogP contribution >= 0.6 is 0 Å². The predicted molar refractivity (Wildman–Crippen MR) is 162 cm³/mol. The van der Waals surface area contributed by atoms with Crippen molar-refractivity contribution in [2.45, 2.75) is 38.8 Å². The molecule has 4 aromatic rings. The molecule has 2 heterocycles. The summed E-state index contributed by atoms with van der Waals surface area (Å²) in [5.41, 5.74) is 5.71. The molecule has 0 fully saturated rings. The SMILES string of the molecule is CN(C)c1ccc(/N=N/c2ccc[n+](CCCCCC[n+]3cccc(/N=N/c4ccc(N(C)C)cc4)c3)c2)cc1. The molecule has 0 aliphatic heterocycles. The summed E-state index contributed by atoms with van der Waals surface area (Å²) in [5.74, 6) is 0. The summed E-state index contributed by atoms with van der Waals surface area (Å²) in [6.45, 7) is 1.94. The Hall–Kier alpha value is -4.46. The first-order valence-corrected chi connectivity index (χ1v) is 13.8. The largest absolute Gasteiger partial charge is 0.378 e. The van der Waals surface area contributed by atoms with Crippen LogP contribution in [0.25, 0.3) is 0 Å². The molecule has 0 bridgehead atoms. The monoisotopic (exact) mass is 536 g/mol. The maximum atomic E-state index is 4.42. The molecule has 0 spiro atoms. The molecule has 0 saturated heterocycles. The molecule has 8 heteroatoms. The zero-order valence-electron chi connectivity index (χ0n) is 24.1. The average Bonchev–Trinajstić information content (AvgIpc) is 2.97. The van der Waals surface area contributed by atoms with Crippen LogP contribution in [0.3, 0.4) is 0 Å². The highest BCUT2D eigenvalue weighted by atomic mass is 15.1. The van der Waals surface area contributed by atoms with E-state index in [4.69, 9.17) is 0 Å². The maximum Gasteiger partial charge on any atom is 0.196 e. The van der Waals surface area contributed by atoms with Gasteiger partial charge in [0, 0.05) is 64.5 Å². The van der Waals surface area contributed by atoms with Gasteiger partial charge in [0.15, 0.2) is 24.8 Å². The average molecular weight is 537 g/mol. The van der Waals surface area contributed by atoms with Crippen molar-refractivity contribution < 1.29 is 9.13 Å². The van der Waals surface area contributed by atoms with Crippen LogP contribution in [0.15, 0.2) is 118 Å². The number of aryl methyl sites for hydroxylation is 2. The fraction of sp³-hybridized carbons (Fsp3) is 0.312. The van der Waals surface area contributed by atoms with E-state index in [1.165, 1.54) is 12.8 Å². The fourth-order valence-electron chi connectivity index (χ4n) is 4.22. The van der Waals surface area contributed by atoms with Crippen molar-refractivity contribution in [3.05, 3.63) is 97.6 Å². The highest BCUT2D eigenvalue weighted by Gasteiger charge is 2.05. The van der Waals surface area contributed by atoms with Gasteiger partial charge < -0.3 is 9.80 Å². The molecule has 0 saturated carbocycles. The van der Waals surface area contributed by atoms with E-state index >= 15 is 0 Å². The molecule has 0 aliphatic carbocycles. The van der Waals surface area contributed by atoms with E-state index in [9.17, 15) is 0 Å². The molecule has 8 nitrogen and oxygen atoms in total. The van der Waals surface area contributed by atoms with E-state index in [0.29, 0.717) is 0 Å². The van der Waals surface area contributed by atoms with Crippen LogP contribution in [0.2, 0.25) is 0 Å². The molecular weight excluding hydrogens is 496 g/mol. The van der Waals surface area contributed by atoms with Crippen LogP contribution in [-0.4, -0.2) is 28.2 Å². The third-order valence-corrected chi connectivity index (χ3v) is 6.56. The molecule has 2 aromatic heterocycles. The first-order valence-electron chi connectivity index (χ1n) is 13.8. The third-order valence-electron chi connectivity index (χ3n) is 6.56. The van der Waals surface area contributed by atoms with Crippen molar-refractivity contribution >= 4 is 34.1 Å². The normalized spacial score (nSPS) is 11.4. The van der Waals surface area contributed by atoms with Crippen LogP contribution < -0.4 is 18.9 Å². The number of benzene rings is 2. The molecule has 0 N–H and O–H groups in total. The molecule has 0 aliphatic rings. The Morgan fingerprint density at radius 3 is 1.23 bits per heavy atom. The van der Waals surface area contributed by atoms with Crippen molar-refractivity contribution in [2.24, 2.45) is 20.5 Å². The van der Waals surface area contributed by atoms with Crippen LogP contribution in [0.5, 0.6) is 0 Å². The second-order valence-electron chi connectivity index (χ2n) is 10.2.